The van der Waals surface area contributed by atoms with Crippen molar-refractivity contribution in [2.75, 3.05) is 21.3 Å². The second-order valence-electron chi connectivity index (χ2n) is 5.19. The van der Waals surface area contributed by atoms with Crippen LogP contribution in [0.25, 0.3) is 0 Å². The number of hydrogen-bond acceptors (Lipinski definition) is 4. The van der Waals surface area contributed by atoms with Gasteiger partial charge in [0.15, 0.2) is 11.5 Å². The lowest BCUT2D eigenvalue weighted by molar-refractivity contribution is 0.323. The van der Waals surface area contributed by atoms with E-state index in [-0.39, 0.29) is 6.04 Å². The summed E-state index contributed by atoms with van der Waals surface area (Å²) >= 11 is 3.51. The van der Waals surface area contributed by atoms with E-state index >= 15 is 0 Å². The number of hydrogen-bond donors (Lipinski definition) is 1. The van der Waals surface area contributed by atoms with Gasteiger partial charge in [0.05, 0.1) is 21.3 Å². The van der Waals surface area contributed by atoms with Crippen LogP contribution < -0.4 is 19.5 Å². The molecule has 2 rings (SSSR count). The van der Waals surface area contributed by atoms with E-state index in [1.165, 1.54) is 5.56 Å². The third-order valence-electron chi connectivity index (χ3n) is 3.69. The highest BCUT2D eigenvalue weighted by atomic mass is 79.9. The molecule has 2 aromatic rings. The van der Waals surface area contributed by atoms with Crippen LogP contribution in [0.2, 0.25) is 0 Å². The van der Waals surface area contributed by atoms with Crippen molar-refractivity contribution in [3.05, 3.63) is 52.0 Å². The van der Waals surface area contributed by atoms with E-state index in [9.17, 15) is 0 Å². The highest BCUT2D eigenvalue weighted by Crippen LogP contribution is 2.38. The van der Waals surface area contributed by atoms with Crippen LogP contribution in [0.15, 0.2) is 40.9 Å². The average Bonchev–Trinajstić information content (AvgIpc) is 2.58. The van der Waals surface area contributed by atoms with Gasteiger partial charge in [-0.15, -0.1) is 0 Å². The van der Waals surface area contributed by atoms with Crippen molar-refractivity contribution >= 4 is 15.9 Å². The van der Waals surface area contributed by atoms with E-state index in [4.69, 9.17) is 14.2 Å². The third kappa shape index (κ3) is 4.39. The molecule has 0 aliphatic rings. The Bertz CT molecular complexity index is 635. The molecule has 5 heteroatoms. The lowest BCUT2D eigenvalue weighted by Crippen LogP contribution is -2.18. The molecule has 0 spiro atoms. The Labute approximate surface area is 145 Å². The van der Waals surface area contributed by atoms with Crippen LogP contribution in [0.4, 0.5) is 0 Å². The minimum Gasteiger partial charge on any atom is -0.493 e. The number of halogens is 1. The first-order valence-corrected chi connectivity index (χ1v) is 8.16. The summed E-state index contributed by atoms with van der Waals surface area (Å²) in [4.78, 5) is 0. The monoisotopic (exact) mass is 379 g/mol. The van der Waals surface area contributed by atoms with Gasteiger partial charge in [-0.05, 0) is 42.3 Å². The van der Waals surface area contributed by atoms with Crippen molar-refractivity contribution in [1.82, 2.24) is 5.32 Å². The summed E-state index contributed by atoms with van der Waals surface area (Å²) in [5.41, 5.74) is 2.30. The normalized spacial score (nSPS) is 11.9. The average molecular weight is 380 g/mol. The van der Waals surface area contributed by atoms with E-state index in [1.807, 2.05) is 24.3 Å². The molecule has 0 heterocycles. The molecule has 0 fully saturated rings. The topological polar surface area (TPSA) is 39.7 Å². The van der Waals surface area contributed by atoms with Gasteiger partial charge in [0.25, 0.3) is 0 Å². The zero-order valence-electron chi connectivity index (χ0n) is 13.9. The van der Waals surface area contributed by atoms with Crippen LogP contribution in [0.5, 0.6) is 17.2 Å². The van der Waals surface area contributed by atoms with Gasteiger partial charge < -0.3 is 19.5 Å². The predicted molar refractivity (Wildman–Crippen MR) is 95.5 cm³/mol. The van der Waals surface area contributed by atoms with Crippen LogP contribution in [-0.2, 0) is 6.54 Å². The summed E-state index contributed by atoms with van der Waals surface area (Å²) in [6, 6.07) is 12.4. The molecule has 4 nitrogen and oxygen atoms in total. The van der Waals surface area contributed by atoms with E-state index in [2.05, 4.69) is 40.3 Å². The van der Waals surface area contributed by atoms with Crippen molar-refractivity contribution in [3.63, 3.8) is 0 Å². The lowest BCUT2D eigenvalue weighted by Gasteiger charge is -2.17. The molecule has 0 saturated heterocycles. The highest BCUT2D eigenvalue weighted by Gasteiger charge is 2.13. The summed E-state index contributed by atoms with van der Waals surface area (Å²) in [6.45, 7) is 2.84. The smallest absolute Gasteiger partial charge is 0.203 e. The minimum atomic E-state index is 0.228. The lowest BCUT2D eigenvalue weighted by atomic mass is 10.1. The fraction of sp³-hybridized carbons (Fsp3) is 0.333. The zero-order chi connectivity index (χ0) is 16.8. The largest absolute Gasteiger partial charge is 0.493 e. The maximum Gasteiger partial charge on any atom is 0.203 e. The van der Waals surface area contributed by atoms with Gasteiger partial charge in [-0.3, -0.25) is 0 Å². The molecule has 23 heavy (non-hydrogen) atoms. The van der Waals surface area contributed by atoms with Crippen molar-refractivity contribution < 1.29 is 14.2 Å². The van der Waals surface area contributed by atoms with Crippen LogP contribution in [-0.4, -0.2) is 21.3 Å². The first-order chi connectivity index (χ1) is 11.1. The molecular formula is C18H22BrNO3. The molecule has 0 saturated carbocycles. The Hall–Kier alpha value is -1.72. The van der Waals surface area contributed by atoms with Gasteiger partial charge in [0.2, 0.25) is 5.75 Å². The summed E-state index contributed by atoms with van der Waals surface area (Å²) in [7, 11) is 4.85. The number of benzene rings is 2. The molecule has 124 valence electrons. The van der Waals surface area contributed by atoms with E-state index < -0.39 is 0 Å². The van der Waals surface area contributed by atoms with E-state index in [0.717, 1.165) is 10.0 Å². The zero-order valence-corrected chi connectivity index (χ0v) is 15.4. The number of rotatable bonds is 7. The van der Waals surface area contributed by atoms with Gasteiger partial charge in [-0.25, -0.2) is 0 Å². The van der Waals surface area contributed by atoms with Crippen LogP contribution >= 0.6 is 15.9 Å². The number of nitrogens with one attached hydrogen (secondary N) is 1. The van der Waals surface area contributed by atoms with Gasteiger partial charge >= 0.3 is 0 Å². The molecule has 0 aromatic heterocycles. The molecule has 0 aliphatic carbocycles. The Kier molecular flexibility index (Phi) is 6.30. The van der Waals surface area contributed by atoms with Crippen molar-refractivity contribution in [2.24, 2.45) is 0 Å². The van der Waals surface area contributed by atoms with Gasteiger partial charge in [0.1, 0.15) is 0 Å². The molecule has 0 amide bonds. The Morgan fingerprint density at radius 2 is 1.65 bits per heavy atom. The van der Waals surface area contributed by atoms with Crippen LogP contribution in [0.1, 0.15) is 24.1 Å². The standard InChI is InChI=1S/C18H22BrNO3/c1-12(14-6-5-7-15(19)10-14)20-11-13-8-16(21-2)18(23-4)17(9-13)22-3/h5-10,12,20H,11H2,1-4H3/t12-/m0/s1. The van der Waals surface area contributed by atoms with Gasteiger partial charge in [-0.1, -0.05) is 28.1 Å². The van der Waals surface area contributed by atoms with E-state index in [0.29, 0.717) is 23.8 Å². The molecule has 2 aromatic carbocycles. The SMILES string of the molecule is COc1cc(CN[C@@H](C)c2cccc(Br)c2)cc(OC)c1OC. The first-order valence-electron chi connectivity index (χ1n) is 7.36. The maximum absolute atomic E-state index is 5.39. The summed E-state index contributed by atoms with van der Waals surface area (Å²) in [5, 5.41) is 3.51. The van der Waals surface area contributed by atoms with Gasteiger partial charge in [0, 0.05) is 17.1 Å². The van der Waals surface area contributed by atoms with Crippen LogP contribution in [0.3, 0.4) is 0 Å². The summed E-state index contributed by atoms with van der Waals surface area (Å²) in [5.74, 6) is 1.94. The Balaban J connectivity index is 2.14. The fourth-order valence-electron chi connectivity index (χ4n) is 2.40. The second-order valence-corrected chi connectivity index (χ2v) is 6.11. The maximum atomic E-state index is 5.39. The van der Waals surface area contributed by atoms with Crippen molar-refractivity contribution in [2.45, 2.75) is 19.5 Å². The molecule has 0 radical (unpaired) electrons. The molecule has 1 atom stereocenters. The molecular weight excluding hydrogens is 358 g/mol. The highest BCUT2D eigenvalue weighted by molar-refractivity contribution is 9.10. The molecule has 0 unspecified atom stereocenters. The predicted octanol–water partition coefficient (Wildman–Crippen LogP) is 4.33. The number of methoxy groups -OCH3 is 3. The Morgan fingerprint density at radius 1 is 1.00 bits per heavy atom. The number of ether oxygens (including phenoxy) is 3. The molecule has 1 N–H and O–H groups in total. The molecule has 0 aliphatic heterocycles. The van der Waals surface area contributed by atoms with Crippen molar-refractivity contribution in [1.29, 1.82) is 0 Å². The van der Waals surface area contributed by atoms with Crippen LogP contribution in [0, 0.1) is 0 Å². The second kappa shape index (κ2) is 8.22. The Morgan fingerprint density at radius 3 is 2.17 bits per heavy atom. The van der Waals surface area contributed by atoms with Gasteiger partial charge in [-0.2, -0.15) is 0 Å². The summed E-state index contributed by atoms with van der Waals surface area (Å²) in [6.07, 6.45) is 0. The fourth-order valence-corrected chi connectivity index (χ4v) is 2.82. The third-order valence-corrected chi connectivity index (χ3v) is 4.18. The molecule has 0 bridgehead atoms. The van der Waals surface area contributed by atoms with E-state index in [1.54, 1.807) is 21.3 Å². The van der Waals surface area contributed by atoms with Crippen molar-refractivity contribution in [3.8, 4) is 17.2 Å². The minimum absolute atomic E-state index is 0.228. The summed E-state index contributed by atoms with van der Waals surface area (Å²) < 4.78 is 17.2. The first kappa shape index (κ1) is 17.6. The quantitative estimate of drug-likeness (QED) is 0.777.